The average molecular weight is 157 g/mol. The van der Waals surface area contributed by atoms with E-state index in [9.17, 15) is 0 Å². The van der Waals surface area contributed by atoms with Crippen molar-refractivity contribution in [2.24, 2.45) is 11.8 Å². The van der Waals surface area contributed by atoms with Gasteiger partial charge in [-0.05, 0) is 25.3 Å². The Morgan fingerprint density at radius 3 is 2.55 bits per heavy atom. The summed E-state index contributed by atoms with van der Waals surface area (Å²) < 4.78 is 5.35. The molecule has 0 aromatic heterocycles. The Bertz CT molecular complexity index is 108. The predicted molar refractivity (Wildman–Crippen MR) is 46.6 cm³/mol. The molecule has 0 aromatic carbocycles. The van der Waals surface area contributed by atoms with Gasteiger partial charge in [-0.25, -0.2) is 0 Å². The Morgan fingerprint density at radius 1 is 1.45 bits per heavy atom. The maximum atomic E-state index is 5.35. The van der Waals surface area contributed by atoms with Crippen molar-refractivity contribution in [3.63, 3.8) is 0 Å². The van der Waals surface area contributed by atoms with Crippen LogP contribution in [0.15, 0.2) is 0 Å². The molecule has 1 heterocycles. The summed E-state index contributed by atoms with van der Waals surface area (Å²) >= 11 is 0. The first kappa shape index (κ1) is 9.01. The van der Waals surface area contributed by atoms with Crippen molar-refractivity contribution < 1.29 is 4.74 Å². The van der Waals surface area contributed by atoms with E-state index in [-0.39, 0.29) is 0 Å². The number of hydrogen-bond donors (Lipinski definition) is 1. The third-order valence-corrected chi connectivity index (χ3v) is 2.52. The molecule has 0 radical (unpaired) electrons. The van der Waals surface area contributed by atoms with Gasteiger partial charge in [0.05, 0.1) is 6.61 Å². The molecule has 1 N–H and O–H groups in total. The fourth-order valence-electron chi connectivity index (χ4n) is 1.95. The Morgan fingerprint density at radius 2 is 2.18 bits per heavy atom. The van der Waals surface area contributed by atoms with E-state index in [0.29, 0.717) is 12.0 Å². The summed E-state index contributed by atoms with van der Waals surface area (Å²) in [5, 5.41) is 3.36. The summed E-state index contributed by atoms with van der Waals surface area (Å²) in [7, 11) is 2.04. The van der Waals surface area contributed by atoms with Gasteiger partial charge >= 0.3 is 0 Å². The molecular formula is C9H19NO. The van der Waals surface area contributed by atoms with Crippen molar-refractivity contribution >= 4 is 0 Å². The van der Waals surface area contributed by atoms with Crippen molar-refractivity contribution in [3.8, 4) is 0 Å². The van der Waals surface area contributed by atoms with Crippen LogP contribution in [0.1, 0.15) is 20.3 Å². The third-order valence-electron chi connectivity index (χ3n) is 2.52. The highest BCUT2D eigenvalue weighted by Gasteiger charge is 2.26. The summed E-state index contributed by atoms with van der Waals surface area (Å²) in [6, 6.07) is 0.637. The molecule has 1 fully saturated rings. The van der Waals surface area contributed by atoms with Crippen LogP contribution in [0.5, 0.6) is 0 Å². The molecule has 0 spiro atoms. The molecule has 11 heavy (non-hydrogen) atoms. The molecule has 2 heteroatoms. The van der Waals surface area contributed by atoms with E-state index in [1.807, 2.05) is 7.05 Å². The van der Waals surface area contributed by atoms with Crippen molar-refractivity contribution in [2.45, 2.75) is 26.3 Å². The lowest BCUT2D eigenvalue weighted by Crippen LogP contribution is -2.38. The quantitative estimate of drug-likeness (QED) is 0.666. The zero-order valence-electron chi connectivity index (χ0n) is 7.76. The number of hydrogen-bond acceptors (Lipinski definition) is 2. The topological polar surface area (TPSA) is 21.3 Å². The first-order chi connectivity index (χ1) is 5.25. The van der Waals surface area contributed by atoms with Gasteiger partial charge in [0.1, 0.15) is 0 Å². The van der Waals surface area contributed by atoms with Gasteiger partial charge in [-0.3, -0.25) is 0 Å². The Balaban J connectivity index is 2.40. The molecule has 0 saturated carbocycles. The van der Waals surface area contributed by atoms with E-state index in [1.54, 1.807) is 0 Å². The van der Waals surface area contributed by atoms with Crippen molar-refractivity contribution in [1.29, 1.82) is 0 Å². The SMILES string of the molecule is CNC(C(C)C)C1CCOC1. The van der Waals surface area contributed by atoms with Gasteiger partial charge in [0.15, 0.2) is 0 Å². The summed E-state index contributed by atoms with van der Waals surface area (Å²) in [6.07, 6.45) is 1.23. The van der Waals surface area contributed by atoms with E-state index in [1.165, 1.54) is 6.42 Å². The van der Waals surface area contributed by atoms with E-state index in [0.717, 1.165) is 19.1 Å². The van der Waals surface area contributed by atoms with Crippen LogP contribution in [0.25, 0.3) is 0 Å². The molecule has 0 aromatic rings. The largest absolute Gasteiger partial charge is 0.381 e. The summed E-state index contributed by atoms with van der Waals surface area (Å²) in [6.45, 7) is 6.43. The highest BCUT2D eigenvalue weighted by molar-refractivity contribution is 4.80. The van der Waals surface area contributed by atoms with Crippen LogP contribution in [0.2, 0.25) is 0 Å². The minimum atomic E-state index is 0.637. The molecule has 0 aliphatic carbocycles. The molecule has 1 saturated heterocycles. The van der Waals surface area contributed by atoms with E-state index in [2.05, 4.69) is 19.2 Å². The lowest BCUT2D eigenvalue weighted by Gasteiger charge is -2.25. The zero-order valence-corrected chi connectivity index (χ0v) is 7.76. The van der Waals surface area contributed by atoms with Gasteiger partial charge in [0, 0.05) is 12.6 Å². The summed E-state index contributed by atoms with van der Waals surface area (Å²) in [4.78, 5) is 0. The van der Waals surface area contributed by atoms with Gasteiger partial charge in [-0.15, -0.1) is 0 Å². The van der Waals surface area contributed by atoms with Crippen LogP contribution in [0.4, 0.5) is 0 Å². The molecule has 66 valence electrons. The normalized spacial score (nSPS) is 27.8. The first-order valence-corrected chi connectivity index (χ1v) is 4.50. The van der Waals surface area contributed by atoms with Crippen molar-refractivity contribution in [3.05, 3.63) is 0 Å². The fourth-order valence-corrected chi connectivity index (χ4v) is 1.95. The van der Waals surface area contributed by atoms with Gasteiger partial charge < -0.3 is 10.1 Å². The molecule has 1 aliphatic rings. The highest BCUT2D eigenvalue weighted by Crippen LogP contribution is 2.21. The van der Waals surface area contributed by atoms with Crippen LogP contribution < -0.4 is 5.32 Å². The third kappa shape index (κ3) is 2.17. The van der Waals surface area contributed by atoms with Crippen molar-refractivity contribution in [1.82, 2.24) is 5.32 Å². The molecule has 2 atom stereocenters. The molecular weight excluding hydrogens is 138 g/mol. The molecule has 1 aliphatic heterocycles. The minimum absolute atomic E-state index is 0.637. The second kappa shape index (κ2) is 4.07. The Labute approximate surface area is 69.3 Å². The van der Waals surface area contributed by atoms with Crippen LogP contribution >= 0.6 is 0 Å². The van der Waals surface area contributed by atoms with Crippen LogP contribution in [0, 0.1) is 11.8 Å². The van der Waals surface area contributed by atoms with Crippen LogP contribution in [-0.4, -0.2) is 26.3 Å². The standard InChI is InChI=1S/C9H19NO/c1-7(2)9(10-3)8-4-5-11-6-8/h7-10H,4-6H2,1-3H3. The maximum Gasteiger partial charge on any atom is 0.0510 e. The lowest BCUT2D eigenvalue weighted by molar-refractivity contribution is 0.170. The molecule has 2 nitrogen and oxygen atoms in total. The summed E-state index contributed by atoms with van der Waals surface area (Å²) in [5.74, 6) is 1.45. The summed E-state index contributed by atoms with van der Waals surface area (Å²) in [5.41, 5.74) is 0. The smallest absolute Gasteiger partial charge is 0.0510 e. The maximum absolute atomic E-state index is 5.35. The van der Waals surface area contributed by atoms with E-state index in [4.69, 9.17) is 4.74 Å². The van der Waals surface area contributed by atoms with Crippen LogP contribution in [-0.2, 0) is 4.74 Å². The zero-order chi connectivity index (χ0) is 8.27. The Kier molecular flexibility index (Phi) is 3.34. The van der Waals surface area contributed by atoms with E-state index < -0.39 is 0 Å². The molecule has 0 bridgehead atoms. The predicted octanol–water partition coefficient (Wildman–Crippen LogP) is 1.27. The van der Waals surface area contributed by atoms with Gasteiger partial charge in [-0.2, -0.15) is 0 Å². The van der Waals surface area contributed by atoms with Gasteiger partial charge in [-0.1, -0.05) is 13.8 Å². The van der Waals surface area contributed by atoms with Gasteiger partial charge in [0.2, 0.25) is 0 Å². The molecule has 1 rings (SSSR count). The second-order valence-electron chi connectivity index (χ2n) is 3.68. The van der Waals surface area contributed by atoms with Crippen molar-refractivity contribution in [2.75, 3.05) is 20.3 Å². The Hall–Kier alpha value is -0.0800. The first-order valence-electron chi connectivity index (χ1n) is 4.50. The lowest BCUT2D eigenvalue weighted by atomic mass is 9.90. The number of nitrogens with one attached hydrogen (secondary N) is 1. The number of rotatable bonds is 3. The average Bonchev–Trinajstić information content (AvgIpc) is 2.40. The molecule has 0 amide bonds. The fraction of sp³-hybridized carbons (Fsp3) is 1.00. The second-order valence-corrected chi connectivity index (χ2v) is 3.68. The van der Waals surface area contributed by atoms with Crippen LogP contribution in [0.3, 0.4) is 0 Å². The van der Waals surface area contributed by atoms with Gasteiger partial charge in [0.25, 0.3) is 0 Å². The molecule has 2 unspecified atom stereocenters. The van der Waals surface area contributed by atoms with E-state index >= 15 is 0 Å². The monoisotopic (exact) mass is 157 g/mol. The number of ether oxygens (including phenoxy) is 1. The highest BCUT2D eigenvalue weighted by atomic mass is 16.5. The minimum Gasteiger partial charge on any atom is -0.381 e.